The minimum absolute atomic E-state index is 0.0235. The molecule has 2 aromatic rings. The Balaban J connectivity index is 1.73. The molecule has 1 aromatic carbocycles. The zero-order chi connectivity index (χ0) is 18.5. The van der Waals surface area contributed by atoms with E-state index in [1.807, 2.05) is 37.3 Å². The predicted octanol–water partition coefficient (Wildman–Crippen LogP) is 1.11. The summed E-state index contributed by atoms with van der Waals surface area (Å²) in [6, 6.07) is 9.72. The number of carbonyl (C=O) groups excluding carboxylic acids is 2. The minimum atomic E-state index is -0.177. The predicted molar refractivity (Wildman–Crippen MR) is 99.0 cm³/mol. The molecule has 138 valence electrons. The molecule has 0 saturated carbocycles. The van der Waals surface area contributed by atoms with Crippen LogP contribution in [0.25, 0.3) is 5.69 Å². The van der Waals surface area contributed by atoms with Crippen molar-refractivity contribution in [2.24, 2.45) is 11.7 Å². The topological polar surface area (TPSA) is 93.2 Å². The van der Waals surface area contributed by atoms with Gasteiger partial charge in [0.25, 0.3) is 5.91 Å². The molecule has 0 bridgehead atoms. The van der Waals surface area contributed by atoms with Crippen LogP contribution in [0.4, 0.5) is 0 Å². The van der Waals surface area contributed by atoms with Gasteiger partial charge in [0.05, 0.1) is 29.1 Å². The van der Waals surface area contributed by atoms with Gasteiger partial charge in [0, 0.05) is 26.2 Å². The van der Waals surface area contributed by atoms with Gasteiger partial charge in [0.15, 0.2) is 0 Å². The summed E-state index contributed by atoms with van der Waals surface area (Å²) >= 11 is 0. The monoisotopic (exact) mass is 355 g/mol. The molecule has 2 heterocycles. The first-order valence-electron chi connectivity index (χ1n) is 8.99. The maximum Gasteiger partial charge on any atom is 0.257 e. The molecule has 3 rings (SSSR count). The molecule has 7 nitrogen and oxygen atoms in total. The molecule has 1 aliphatic heterocycles. The van der Waals surface area contributed by atoms with E-state index in [-0.39, 0.29) is 17.7 Å². The number of carbonyl (C=O) groups is 2. The molecular formula is C19H25N5O2. The lowest BCUT2D eigenvalue weighted by Crippen LogP contribution is -2.46. The van der Waals surface area contributed by atoms with Gasteiger partial charge < -0.3 is 16.0 Å². The van der Waals surface area contributed by atoms with Gasteiger partial charge in [-0.15, -0.1) is 0 Å². The van der Waals surface area contributed by atoms with Gasteiger partial charge in [-0.05, 0) is 31.9 Å². The molecule has 0 spiro atoms. The third-order valence-corrected chi connectivity index (χ3v) is 4.76. The first-order valence-corrected chi connectivity index (χ1v) is 8.99. The van der Waals surface area contributed by atoms with Crippen LogP contribution in [0.1, 0.15) is 28.9 Å². The van der Waals surface area contributed by atoms with E-state index < -0.39 is 0 Å². The van der Waals surface area contributed by atoms with Crippen molar-refractivity contribution in [1.29, 1.82) is 0 Å². The maximum absolute atomic E-state index is 13.0. The number of hydrogen-bond acceptors (Lipinski definition) is 4. The summed E-state index contributed by atoms with van der Waals surface area (Å²) in [5.41, 5.74) is 7.74. The van der Waals surface area contributed by atoms with E-state index >= 15 is 0 Å². The van der Waals surface area contributed by atoms with Crippen molar-refractivity contribution in [3.05, 3.63) is 47.8 Å². The lowest BCUT2D eigenvalue weighted by Gasteiger charge is -2.32. The fourth-order valence-corrected chi connectivity index (χ4v) is 3.33. The highest BCUT2D eigenvalue weighted by Gasteiger charge is 2.30. The van der Waals surface area contributed by atoms with Crippen molar-refractivity contribution >= 4 is 11.8 Å². The summed E-state index contributed by atoms with van der Waals surface area (Å²) in [4.78, 5) is 26.9. The van der Waals surface area contributed by atoms with E-state index in [2.05, 4.69) is 10.4 Å². The Bertz CT molecular complexity index is 771. The lowest BCUT2D eigenvalue weighted by molar-refractivity contribution is -0.126. The normalized spacial score (nSPS) is 17.2. The molecule has 1 saturated heterocycles. The van der Waals surface area contributed by atoms with E-state index in [9.17, 15) is 9.59 Å². The summed E-state index contributed by atoms with van der Waals surface area (Å²) < 4.78 is 1.77. The van der Waals surface area contributed by atoms with E-state index in [1.165, 1.54) is 0 Å². The Hall–Kier alpha value is -2.67. The zero-order valence-electron chi connectivity index (χ0n) is 15.0. The maximum atomic E-state index is 13.0. The largest absolute Gasteiger partial charge is 0.355 e. The Morgan fingerprint density at radius 3 is 2.81 bits per heavy atom. The van der Waals surface area contributed by atoms with Crippen LogP contribution in [0.15, 0.2) is 36.5 Å². The SMILES string of the molecule is Cc1c(C(=O)N2CCCC(C(=O)NCCN)C2)cnn1-c1ccccc1. The molecule has 0 aliphatic carbocycles. The number of nitrogens with zero attached hydrogens (tertiary/aromatic N) is 3. The van der Waals surface area contributed by atoms with Gasteiger partial charge in [-0.3, -0.25) is 9.59 Å². The van der Waals surface area contributed by atoms with Crippen molar-refractivity contribution in [1.82, 2.24) is 20.0 Å². The van der Waals surface area contributed by atoms with E-state index in [0.29, 0.717) is 31.7 Å². The van der Waals surface area contributed by atoms with Gasteiger partial charge in [-0.25, -0.2) is 4.68 Å². The van der Waals surface area contributed by atoms with Crippen molar-refractivity contribution in [3.8, 4) is 5.69 Å². The smallest absolute Gasteiger partial charge is 0.257 e. The number of nitrogens with one attached hydrogen (secondary N) is 1. The molecule has 1 fully saturated rings. The van der Waals surface area contributed by atoms with Gasteiger partial charge in [0.2, 0.25) is 5.91 Å². The average molecular weight is 355 g/mol. The number of hydrogen-bond donors (Lipinski definition) is 2. The summed E-state index contributed by atoms with van der Waals surface area (Å²) in [5, 5.41) is 7.19. The van der Waals surface area contributed by atoms with Crippen molar-refractivity contribution in [2.75, 3.05) is 26.2 Å². The van der Waals surface area contributed by atoms with Gasteiger partial charge in [0.1, 0.15) is 0 Å². The Morgan fingerprint density at radius 2 is 2.08 bits per heavy atom. The molecule has 1 unspecified atom stereocenters. The van der Waals surface area contributed by atoms with Crippen LogP contribution in [-0.2, 0) is 4.79 Å². The van der Waals surface area contributed by atoms with Crippen molar-refractivity contribution in [3.63, 3.8) is 0 Å². The van der Waals surface area contributed by atoms with Crippen LogP contribution in [0.3, 0.4) is 0 Å². The number of benzene rings is 1. The molecule has 26 heavy (non-hydrogen) atoms. The number of piperidine rings is 1. The number of para-hydroxylation sites is 1. The van der Waals surface area contributed by atoms with E-state index in [0.717, 1.165) is 24.2 Å². The van der Waals surface area contributed by atoms with E-state index in [1.54, 1.807) is 15.8 Å². The van der Waals surface area contributed by atoms with Crippen molar-refractivity contribution < 1.29 is 9.59 Å². The van der Waals surface area contributed by atoms with Gasteiger partial charge in [-0.2, -0.15) is 5.10 Å². The number of nitrogens with two attached hydrogens (primary N) is 1. The third-order valence-electron chi connectivity index (χ3n) is 4.76. The molecule has 1 aromatic heterocycles. The molecule has 7 heteroatoms. The average Bonchev–Trinajstić information content (AvgIpc) is 3.07. The van der Waals surface area contributed by atoms with Gasteiger partial charge >= 0.3 is 0 Å². The standard InChI is InChI=1S/C19H25N5O2/c1-14-17(12-22-24(14)16-7-3-2-4-8-16)19(26)23-11-5-6-15(13-23)18(25)21-10-9-20/h2-4,7-8,12,15H,5-6,9-11,13,20H2,1H3,(H,21,25). The van der Waals surface area contributed by atoms with Crippen LogP contribution in [0.2, 0.25) is 0 Å². The Morgan fingerprint density at radius 1 is 1.31 bits per heavy atom. The second kappa shape index (κ2) is 8.14. The molecule has 1 atom stereocenters. The molecular weight excluding hydrogens is 330 g/mol. The summed E-state index contributed by atoms with van der Waals surface area (Å²) in [6.07, 6.45) is 3.23. The van der Waals surface area contributed by atoms with Gasteiger partial charge in [-0.1, -0.05) is 18.2 Å². The van der Waals surface area contributed by atoms with Crippen LogP contribution >= 0.6 is 0 Å². The van der Waals surface area contributed by atoms with Crippen LogP contribution in [-0.4, -0.2) is 52.7 Å². The highest BCUT2D eigenvalue weighted by molar-refractivity contribution is 5.95. The second-order valence-corrected chi connectivity index (χ2v) is 6.56. The summed E-state index contributed by atoms with van der Waals surface area (Å²) in [5.74, 6) is -0.269. The van der Waals surface area contributed by atoms with Crippen LogP contribution < -0.4 is 11.1 Å². The zero-order valence-corrected chi connectivity index (χ0v) is 15.0. The Kier molecular flexibility index (Phi) is 5.68. The fourth-order valence-electron chi connectivity index (χ4n) is 3.33. The molecule has 3 N–H and O–H groups in total. The van der Waals surface area contributed by atoms with Crippen molar-refractivity contribution in [2.45, 2.75) is 19.8 Å². The highest BCUT2D eigenvalue weighted by atomic mass is 16.2. The summed E-state index contributed by atoms with van der Waals surface area (Å²) in [7, 11) is 0. The fraction of sp³-hybridized carbons (Fsp3) is 0.421. The Labute approximate surface area is 153 Å². The van der Waals surface area contributed by atoms with Crippen LogP contribution in [0.5, 0.6) is 0 Å². The number of rotatable bonds is 5. The first kappa shape index (κ1) is 18.1. The number of aromatic nitrogens is 2. The van der Waals surface area contributed by atoms with Crippen LogP contribution in [0, 0.1) is 12.8 Å². The minimum Gasteiger partial charge on any atom is -0.355 e. The molecule has 1 aliphatic rings. The second-order valence-electron chi connectivity index (χ2n) is 6.56. The quantitative estimate of drug-likeness (QED) is 0.840. The lowest BCUT2D eigenvalue weighted by atomic mass is 9.96. The first-order chi connectivity index (χ1) is 12.6. The highest BCUT2D eigenvalue weighted by Crippen LogP contribution is 2.21. The number of amides is 2. The van der Waals surface area contributed by atoms with E-state index in [4.69, 9.17) is 5.73 Å². The molecule has 2 amide bonds. The molecule has 0 radical (unpaired) electrons. The summed E-state index contributed by atoms with van der Waals surface area (Å²) in [6.45, 7) is 3.87. The third kappa shape index (κ3) is 3.77. The number of likely N-dealkylation sites (tertiary alicyclic amines) is 1.